The molecule has 1 aromatic carbocycles. The molecule has 6 heteroatoms. The summed E-state index contributed by atoms with van der Waals surface area (Å²) in [6, 6.07) is 7.66. The number of benzene rings is 1. The van der Waals surface area contributed by atoms with Crippen molar-refractivity contribution in [1.29, 1.82) is 0 Å². The first-order chi connectivity index (χ1) is 11.6. The van der Waals surface area contributed by atoms with Crippen LogP contribution in [0.3, 0.4) is 0 Å². The van der Waals surface area contributed by atoms with Crippen molar-refractivity contribution in [3.05, 3.63) is 47.5 Å². The van der Waals surface area contributed by atoms with Gasteiger partial charge < -0.3 is 15.2 Å². The number of imidazole rings is 1. The van der Waals surface area contributed by atoms with Gasteiger partial charge in [0.2, 0.25) is 11.8 Å². The average molecular weight is 324 g/mol. The molecule has 2 N–H and O–H groups in total. The Morgan fingerprint density at radius 1 is 1.42 bits per heavy atom. The third-order valence-corrected chi connectivity index (χ3v) is 4.78. The molecule has 2 amide bonds. The topological polar surface area (TPSA) is 76.0 Å². The van der Waals surface area contributed by atoms with E-state index in [0.717, 1.165) is 42.2 Å². The highest BCUT2D eigenvalue weighted by Gasteiger charge is 2.32. The minimum atomic E-state index is -0.393. The van der Waals surface area contributed by atoms with Crippen LogP contribution < -0.4 is 10.6 Å². The molecule has 0 saturated carbocycles. The van der Waals surface area contributed by atoms with E-state index in [1.54, 1.807) is 0 Å². The van der Waals surface area contributed by atoms with Gasteiger partial charge in [0.05, 0.1) is 11.6 Å². The molecule has 2 atom stereocenters. The fourth-order valence-corrected chi connectivity index (χ4v) is 3.65. The smallest absolute Gasteiger partial charge is 0.232 e. The van der Waals surface area contributed by atoms with E-state index in [9.17, 15) is 9.59 Å². The normalized spacial score (nSPS) is 21.8. The molecule has 2 aromatic rings. The van der Waals surface area contributed by atoms with Crippen LogP contribution in [-0.4, -0.2) is 27.4 Å². The summed E-state index contributed by atoms with van der Waals surface area (Å²) in [5.41, 5.74) is 2.74. The van der Waals surface area contributed by atoms with Crippen LogP contribution in [0.5, 0.6) is 0 Å². The van der Waals surface area contributed by atoms with Gasteiger partial charge >= 0.3 is 0 Å². The Labute approximate surface area is 140 Å². The number of aromatic nitrogens is 2. The molecule has 6 nitrogen and oxygen atoms in total. The molecular formula is C18H20N4O2. The number of amides is 2. The summed E-state index contributed by atoms with van der Waals surface area (Å²) < 4.78 is 2.11. The van der Waals surface area contributed by atoms with Gasteiger partial charge in [0.1, 0.15) is 5.82 Å². The van der Waals surface area contributed by atoms with Crippen molar-refractivity contribution >= 4 is 17.5 Å². The van der Waals surface area contributed by atoms with Gasteiger partial charge in [0.15, 0.2) is 0 Å². The molecule has 1 aromatic heterocycles. The number of carbonyl (C=O) groups excluding carboxylic acids is 2. The molecule has 2 aliphatic heterocycles. The molecule has 0 radical (unpaired) electrons. The first kappa shape index (κ1) is 14.9. The van der Waals surface area contributed by atoms with Crippen molar-refractivity contribution in [3.63, 3.8) is 0 Å². The van der Waals surface area contributed by atoms with Gasteiger partial charge in [-0.3, -0.25) is 9.59 Å². The number of anilines is 1. The van der Waals surface area contributed by atoms with Gasteiger partial charge in [0, 0.05) is 37.3 Å². The maximum absolute atomic E-state index is 12.4. The zero-order valence-electron chi connectivity index (χ0n) is 13.6. The number of para-hydroxylation sites is 1. The van der Waals surface area contributed by atoms with Crippen molar-refractivity contribution in [2.24, 2.45) is 0 Å². The second kappa shape index (κ2) is 5.78. The summed E-state index contributed by atoms with van der Waals surface area (Å²) in [5, 5.41) is 5.92. The average Bonchev–Trinajstić information content (AvgIpc) is 3.06. The molecule has 0 saturated heterocycles. The largest absolute Gasteiger partial charge is 0.352 e. The molecule has 4 rings (SSSR count). The Kier molecular flexibility index (Phi) is 3.59. The van der Waals surface area contributed by atoms with E-state index in [4.69, 9.17) is 0 Å². The second-order valence-electron chi connectivity index (χ2n) is 6.59. The van der Waals surface area contributed by atoms with Gasteiger partial charge in [-0.1, -0.05) is 18.2 Å². The van der Waals surface area contributed by atoms with Gasteiger partial charge in [-0.15, -0.1) is 0 Å². The van der Waals surface area contributed by atoms with Crippen molar-refractivity contribution < 1.29 is 9.59 Å². The zero-order valence-corrected chi connectivity index (χ0v) is 13.6. The van der Waals surface area contributed by atoms with E-state index in [1.165, 1.54) is 0 Å². The number of rotatable bonds is 3. The lowest BCUT2D eigenvalue weighted by molar-refractivity contribution is -0.125. The van der Waals surface area contributed by atoms with E-state index >= 15 is 0 Å². The van der Waals surface area contributed by atoms with E-state index < -0.39 is 5.92 Å². The quantitative estimate of drug-likeness (QED) is 0.903. The Hall–Kier alpha value is -2.63. The summed E-state index contributed by atoms with van der Waals surface area (Å²) in [6.45, 7) is 2.73. The van der Waals surface area contributed by atoms with Gasteiger partial charge in [-0.05, 0) is 25.0 Å². The Bertz CT molecular complexity index is 811. The van der Waals surface area contributed by atoms with Crippen molar-refractivity contribution in [2.75, 3.05) is 5.32 Å². The molecule has 24 heavy (non-hydrogen) atoms. The monoisotopic (exact) mass is 324 g/mol. The fourth-order valence-electron chi connectivity index (χ4n) is 3.65. The minimum Gasteiger partial charge on any atom is -0.352 e. The van der Waals surface area contributed by atoms with Crippen LogP contribution in [0, 0.1) is 6.92 Å². The number of fused-ring (bicyclic) bond motifs is 2. The van der Waals surface area contributed by atoms with E-state index in [0.29, 0.717) is 0 Å². The van der Waals surface area contributed by atoms with Crippen molar-refractivity contribution in [2.45, 2.75) is 44.7 Å². The Morgan fingerprint density at radius 2 is 2.25 bits per heavy atom. The SMILES string of the molecule is Cc1cn2c(n1)CC[C@H](NC(=O)C[C@@H]1C(=O)Nc3ccccc31)C2. The molecule has 2 aliphatic rings. The molecular weight excluding hydrogens is 304 g/mol. The molecule has 124 valence electrons. The first-order valence-corrected chi connectivity index (χ1v) is 8.32. The predicted molar refractivity (Wildman–Crippen MR) is 89.6 cm³/mol. The standard InChI is InChI=1S/C18H20N4O2/c1-11-9-22-10-12(6-7-16(22)19-11)20-17(23)8-14-13-4-2-3-5-15(13)21-18(14)24/h2-5,9,12,14H,6-8,10H2,1H3,(H,20,23)(H,21,24)/t12-,14-/m0/s1. The third kappa shape index (κ3) is 2.68. The van der Waals surface area contributed by atoms with Crippen LogP contribution in [-0.2, 0) is 22.6 Å². The van der Waals surface area contributed by atoms with Crippen LogP contribution in [0.4, 0.5) is 5.69 Å². The van der Waals surface area contributed by atoms with Gasteiger partial charge in [-0.2, -0.15) is 0 Å². The maximum atomic E-state index is 12.4. The number of hydrogen-bond acceptors (Lipinski definition) is 3. The summed E-state index contributed by atoms with van der Waals surface area (Å²) in [6.07, 6.45) is 3.96. The summed E-state index contributed by atoms with van der Waals surface area (Å²) in [5.74, 6) is 0.526. The van der Waals surface area contributed by atoms with Crippen LogP contribution in [0.25, 0.3) is 0 Å². The number of hydrogen-bond donors (Lipinski definition) is 2. The number of nitrogens with one attached hydrogen (secondary N) is 2. The molecule has 3 heterocycles. The van der Waals surface area contributed by atoms with Crippen LogP contribution in [0.1, 0.15) is 35.8 Å². The minimum absolute atomic E-state index is 0.0721. The van der Waals surface area contributed by atoms with Crippen LogP contribution in [0.2, 0.25) is 0 Å². The highest BCUT2D eigenvalue weighted by Crippen LogP contribution is 2.34. The maximum Gasteiger partial charge on any atom is 0.232 e. The second-order valence-corrected chi connectivity index (χ2v) is 6.59. The zero-order chi connectivity index (χ0) is 16.7. The lowest BCUT2D eigenvalue weighted by Crippen LogP contribution is -2.41. The summed E-state index contributed by atoms with van der Waals surface area (Å²) >= 11 is 0. The van der Waals surface area contributed by atoms with Gasteiger partial charge in [0.25, 0.3) is 0 Å². The lowest BCUT2D eigenvalue weighted by atomic mass is 9.96. The molecule has 0 fully saturated rings. The first-order valence-electron chi connectivity index (χ1n) is 8.32. The van der Waals surface area contributed by atoms with E-state index in [-0.39, 0.29) is 24.3 Å². The Morgan fingerprint density at radius 3 is 3.12 bits per heavy atom. The van der Waals surface area contributed by atoms with E-state index in [2.05, 4.69) is 20.2 Å². The highest BCUT2D eigenvalue weighted by molar-refractivity contribution is 6.04. The number of nitrogens with zero attached hydrogens (tertiary/aromatic N) is 2. The molecule has 0 spiro atoms. The van der Waals surface area contributed by atoms with Gasteiger partial charge in [-0.25, -0.2) is 4.98 Å². The van der Waals surface area contributed by atoms with Crippen molar-refractivity contribution in [1.82, 2.24) is 14.9 Å². The highest BCUT2D eigenvalue weighted by atomic mass is 16.2. The lowest BCUT2D eigenvalue weighted by Gasteiger charge is -2.25. The fraction of sp³-hybridized carbons (Fsp3) is 0.389. The van der Waals surface area contributed by atoms with Crippen LogP contribution >= 0.6 is 0 Å². The number of aryl methyl sites for hydroxylation is 2. The third-order valence-electron chi connectivity index (χ3n) is 4.78. The molecule has 0 aliphatic carbocycles. The Balaban J connectivity index is 1.40. The van der Waals surface area contributed by atoms with Crippen molar-refractivity contribution in [3.8, 4) is 0 Å². The number of carbonyl (C=O) groups is 2. The van der Waals surface area contributed by atoms with Crippen LogP contribution in [0.15, 0.2) is 30.5 Å². The summed E-state index contributed by atoms with van der Waals surface area (Å²) in [4.78, 5) is 29.0. The van der Waals surface area contributed by atoms with E-state index in [1.807, 2.05) is 37.4 Å². The molecule has 0 unspecified atom stereocenters. The molecule has 0 bridgehead atoms. The predicted octanol–water partition coefficient (Wildman–Crippen LogP) is 1.75. The summed E-state index contributed by atoms with van der Waals surface area (Å²) in [7, 11) is 0.